The van der Waals surface area contributed by atoms with Crippen molar-refractivity contribution >= 4 is 0 Å². The lowest BCUT2D eigenvalue weighted by Gasteiger charge is -2.23. The van der Waals surface area contributed by atoms with Gasteiger partial charge in [0.2, 0.25) is 0 Å². The van der Waals surface area contributed by atoms with Crippen LogP contribution in [0, 0.1) is 11.6 Å². The molecule has 4 heteroatoms. The van der Waals surface area contributed by atoms with Crippen LogP contribution in [0.25, 0.3) is 0 Å². The summed E-state index contributed by atoms with van der Waals surface area (Å²) in [6.07, 6.45) is 0.468. The minimum absolute atomic E-state index is 0.269. The monoisotopic (exact) mass is 255 g/mol. The van der Waals surface area contributed by atoms with E-state index in [0.717, 1.165) is 25.6 Å². The Labute approximate surface area is 107 Å². The number of hydrogen-bond acceptors (Lipinski definition) is 2. The Morgan fingerprint density at radius 1 is 1.28 bits per heavy atom. The molecule has 2 nitrogen and oxygen atoms in total. The summed E-state index contributed by atoms with van der Waals surface area (Å²) < 4.78 is 32.2. The fourth-order valence-electron chi connectivity index (χ4n) is 2.31. The minimum atomic E-state index is -0.548. The number of hydrogen-bond donors (Lipinski definition) is 0. The molecule has 0 aliphatic carbocycles. The molecule has 0 amide bonds. The van der Waals surface area contributed by atoms with Crippen LogP contribution in [0.15, 0.2) is 18.2 Å². The molecule has 18 heavy (non-hydrogen) atoms. The van der Waals surface area contributed by atoms with Gasteiger partial charge in [0.15, 0.2) is 0 Å². The zero-order valence-electron chi connectivity index (χ0n) is 10.8. The van der Waals surface area contributed by atoms with Crippen molar-refractivity contribution in [2.24, 2.45) is 0 Å². The van der Waals surface area contributed by atoms with Gasteiger partial charge in [-0.2, -0.15) is 0 Å². The van der Waals surface area contributed by atoms with Crippen LogP contribution in [-0.2, 0) is 4.74 Å². The molecule has 1 atom stereocenters. The molecule has 0 N–H and O–H groups in total. The van der Waals surface area contributed by atoms with Gasteiger partial charge >= 0.3 is 0 Å². The van der Waals surface area contributed by atoms with Gasteiger partial charge in [0.25, 0.3) is 0 Å². The van der Waals surface area contributed by atoms with Crippen LogP contribution in [0.3, 0.4) is 0 Å². The lowest BCUT2D eigenvalue weighted by atomic mass is 10.1. The molecule has 1 aliphatic rings. The Morgan fingerprint density at radius 3 is 2.72 bits per heavy atom. The van der Waals surface area contributed by atoms with E-state index in [1.807, 2.05) is 0 Å². The van der Waals surface area contributed by atoms with E-state index in [1.165, 1.54) is 12.1 Å². The minimum Gasteiger partial charge on any atom is -0.372 e. The van der Waals surface area contributed by atoms with Crippen molar-refractivity contribution in [2.45, 2.75) is 32.4 Å². The van der Waals surface area contributed by atoms with E-state index < -0.39 is 11.6 Å². The highest BCUT2D eigenvalue weighted by Crippen LogP contribution is 2.27. The van der Waals surface area contributed by atoms with Gasteiger partial charge in [0.05, 0.1) is 12.7 Å². The summed E-state index contributed by atoms with van der Waals surface area (Å²) in [5.41, 5.74) is 0.460. The number of benzene rings is 1. The molecule has 1 aromatic carbocycles. The maximum atomic E-state index is 13.7. The Morgan fingerprint density at radius 2 is 2.06 bits per heavy atom. The first kappa shape index (κ1) is 13.4. The van der Waals surface area contributed by atoms with Gasteiger partial charge in [0, 0.05) is 30.8 Å². The van der Waals surface area contributed by atoms with Crippen molar-refractivity contribution in [3.05, 3.63) is 35.4 Å². The largest absolute Gasteiger partial charge is 0.372 e. The first-order valence-electron chi connectivity index (χ1n) is 6.38. The third kappa shape index (κ3) is 3.06. The van der Waals surface area contributed by atoms with E-state index in [-0.39, 0.29) is 6.10 Å². The van der Waals surface area contributed by atoms with Gasteiger partial charge in [-0.3, -0.25) is 4.90 Å². The molecule has 2 rings (SSSR count). The molecule has 100 valence electrons. The SMILES string of the molecule is CC(C)N1CCOC(c2ccc(F)cc2F)CC1. The summed E-state index contributed by atoms with van der Waals surface area (Å²) in [6, 6.07) is 4.15. The fourth-order valence-corrected chi connectivity index (χ4v) is 2.31. The van der Waals surface area contributed by atoms with Crippen molar-refractivity contribution in [2.75, 3.05) is 19.7 Å². The first-order valence-corrected chi connectivity index (χ1v) is 6.38. The molecular formula is C14H19F2NO. The molecule has 1 heterocycles. The second-order valence-corrected chi connectivity index (χ2v) is 4.94. The van der Waals surface area contributed by atoms with Crippen molar-refractivity contribution in [3.63, 3.8) is 0 Å². The van der Waals surface area contributed by atoms with Crippen LogP contribution in [0.2, 0.25) is 0 Å². The van der Waals surface area contributed by atoms with E-state index in [2.05, 4.69) is 18.7 Å². The van der Waals surface area contributed by atoms with Crippen LogP contribution in [-0.4, -0.2) is 30.6 Å². The molecule has 0 aromatic heterocycles. The standard InChI is InChI=1S/C14H19F2NO/c1-10(2)17-6-5-14(18-8-7-17)12-4-3-11(15)9-13(12)16/h3-4,9-10,14H,5-8H2,1-2H3. The van der Waals surface area contributed by atoms with Crippen LogP contribution in [0.4, 0.5) is 8.78 Å². The van der Waals surface area contributed by atoms with E-state index in [9.17, 15) is 8.78 Å². The van der Waals surface area contributed by atoms with E-state index in [0.29, 0.717) is 18.2 Å². The maximum Gasteiger partial charge on any atom is 0.131 e. The summed E-state index contributed by atoms with van der Waals surface area (Å²) in [5.74, 6) is -1.06. The van der Waals surface area contributed by atoms with E-state index in [4.69, 9.17) is 4.74 Å². The normalized spacial score (nSPS) is 22.2. The van der Waals surface area contributed by atoms with Crippen LogP contribution >= 0.6 is 0 Å². The van der Waals surface area contributed by atoms with E-state index >= 15 is 0 Å². The quantitative estimate of drug-likeness (QED) is 0.805. The summed E-state index contributed by atoms with van der Waals surface area (Å²) in [7, 11) is 0. The van der Waals surface area contributed by atoms with Gasteiger partial charge in [-0.25, -0.2) is 8.78 Å². The predicted molar refractivity (Wildman–Crippen MR) is 66.4 cm³/mol. The van der Waals surface area contributed by atoms with Crippen molar-refractivity contribution in [1.29, 1.82) is 0 Å². The summed E-state index contributed by atoms with van der Waals surface area (Å²) in [6.45, 7) is 6.59. The highest BCUT2D eigenvalue weighted by atomic mass is 19.1. The first-order chi connectivity index (χ1) is 8.58. The number of rotatable bonds is 2. The average Bonchev–Trinajstić information content (AvgIpc) is 2.54. The molecule has 1 aliphatic heterocycles. The molecule has 1 aromatic rings. The smallest absolute Gasteiger partial charge is 0.131 e. The molecule has 1 unspecified atom stereocenters. The van der Waals surface area contributed by atoms with E-state index in [1.54, 1.807) is 0 Å². The lowest BCUT2D eigenvalue weighted by molar-refractivity contribution is 0.0583. The number of nitrogens with zero attached hydrogens (tertiary/aromatic N) is 1. The highest BCUT2D eigenvalue weighted by molar-refractivity contribution is 5.21. The van der Waals surface area contributed by atoms with Crippen LogP contribution in [0.1, 0.15) is 31.9 Å². The average molecular weight is 255 g/mol. The van der Waals surface area contributed by atoms with Gasteiger partial charge in [-0.1, -0.05) is 6.07 Å². The fraction of sp³-hybridized carbons (Fsp3) is 0.571. The van der Waals surface area contributed by atoms with Gasteiger partial charge in [-0.15, -0.1) is 0 Å². The Kier molecular flexibility index (Phi) is 4.30. The topological polar surface area (TPSA) is 12.5 Å². The van der Waals surface area contributed by atoms with Gasteiger partial charge < -0.3 is 4.74 Å². The van der Waals surface area contributed by atoms with Crippen LogP contribution in [0.5, 0.6) is 0 Å². The molecule has 0 bridgehead atoms. The van der Waals surface area contributed by atoms with Crippen molar-refractivity contribution in [1.82, 2.24) is 4.90 Å². The Balaban J connectivity index is 2.10. The lowest BCUT2D eigenvalue weighted by Crippen LogP contribution is -2.32. The molecule has 0 spiro atoms. The summed E-state index contributed by atoms with van der Waals surface area (Å²) >= 11 is 0. The summed E-state index contributed by atoms with van der Waals surface area (Å²) in [4.78, 5) is 2.31. The predicted octanol–water partition coefficient (Wildman–Crippen LogP) is 3.14. The highest BCUT2D eigenvalue weighted by Gasteiger charge is 2.22. The maximum absolute atomic E-state index is 13.7. The Bertz CT molecular complexity index is 409. The third-order valence-electron chi connectivity index (χ3n) is 3.42. The molecular weight excluding hydrogens is 236 g/mol. The Hall–Kier alpha value is -1.00. The molecule has 0 saturated carbocycles. The molecule has 0 radical (unpaired) electrons. The zero-order chi connectivity index (χ0) is 13.1. The number of halogens is 2. The van der Waals surface area contributed by atoms with Gasteiger partial charge in [-0.05, 0) is 26.3 Å². The molecule has 1 saturated heterocycles. The second kappa shape index (κ2) is 5.76. The van der Waals surface area contributed by atoms with Crippen LogP contribution < -0.4 is 0 Å². The summed E-state index contributed by atoms with van der Waals surface area (Å²) in [5, 5.41) is 0. The zero-order valence-corrected chi connectivity index (χ0v) is 10.8. The van der Waals surface area contributed by atoms with Crippen molar-refractivity contribution in [3.8, 4) is 0 Å². The molecule has 1 fully saturated rings. The number of ether oxygens (including phenoxy) is 1. The van der Waals surface area contributed by atoms with Gasteiger partial charge in [0.1, 0.15) is 11.6 Å². The third-order valence-corrected chi connectivity index (χ3v) is 3.42. The second-order valence-electron chi connectivity index (χ2n) is 4.94. The van der Waals surface area contributed by atoms with Crippen molar-refractivity contribution < 1.29 is 13.5 Å².